The fourth-order valence-electron chi connectivity index (χ4n) is 2.50. The number of sulfonamides is 1. The van der Waals surface area contributed by atoms with Crippen molar-refractivity contribution in [2.24, 2.45) is 7.05 Å². The van der Waals surface area contributed by atoms with Crippen molar-refractivity contribution < 1.29 is 8.42 Å². The molecule has 106 valence electrons. The van der Waals surface area contributed by atoms with Crippen LogP contribution in [0.15, 0.2) is 35.7 Å². The van der Waals surface area contributed by atoms with E-state index in [0.717, 1.165) is 18.4 Å². The Morgan fingerprint density at radius 1 is 1.35 bits per heavy atom. The highest BCUT2D eigenvalue weighted by Crippen LogP contribution is 2.34. The van der Waals surface area contributed by atoms with Crippen molar-refractivity contribution in [3.8, 4) is 0 Å². The van der Waals surface area contributed by atoms with E-state index >= 15 is 0 Å². The Kier molecular flexibility index (Phi) is 2.93. The molecular weight excluding hydrogens is 276 g/mol. The van der Waals surface area contributed by atoms with Crippen LogP contribution in [0.2, 0.25) is 0 Å². The second-order valence-corrected chi connectivity index (χ2v) is 6.71. The van der Waals surface area contributed by atoms with Gasteiger partial charge in [0.1, 0.15) is 0 Å². The van der Waals surface area contributed by atoms with Crippen LogP contribution in [0.1, 0.15) is 12.0 Å². The highest BCUT2D eigenvalue weighted by Gasteiger charge is 2.31. The van der Waals surface area contributed by atoms with Crippen LogP contribution in [0.4, 0.5) is 11.4 Å². The molecule has 1 aromatic heterocycles. The van der Waals surface area contributed by atoms with Crippen LogP contribution in [0.25, 0.3) is 0 Å². The van der Waals surface area contributed by atoms with Crippen molar-refractivity contribution in [2.45, 2.75) is 17.9 Å². The lowest BCUT2D eigenvalue weighted by Crippen LogP contribution is -2.36. The zero-order valence-electron chi connectivity index (χ0n) is 11.2. The standard InChI is InChI=1S/C13H16N4O2S/c1-16-8-13(15-9-16)20(18,19)17-7-3-4-10-11(14)5-2-6-12(10)17/h2,5-6,8-9H,3-4,7,14H2,1H3. The molecule has 0 radical (unpaired) electrons. The molecule has 0 bridgehead atoms. The first kappa shape index (κ1) is 13.0. The SMILES string of the molecule is Cn1cnc(S(=O)(=O)N2CCCc3c(N)cccc32)c1. The minimum atomic E-state index is -3.63. The highest BCUT2D eigenvalue weighted by atomic mass is 32.2. The highest BCUT2D eigenvalue weighted by molar-refractivity contribution is 7.92. The number of benzene rings is 1. The summed E-state index contributed by atoms with van der Waals surface area (Å²) in [5.74, 6) is 0. The number of imidazole rings is 1. The van der Waals surface area contributed by atoms with Crippen LogP contribution in [-0.4, -0.2) is 24.5 Å². The predicted molar refractivity (Wildman–Crippen MR) is 76.9 cm³/mol. The quantitative estimate of drug-likeness (QED) is 0.842. The Balaban J connectivity index is 2.11. The molecule has 7 heteroatoms. The van der Waals surface area contributed by atoms with Gasteiger partial charge in [-0.05, 0) is 30.5 Å². The molecule has 2 N–H and O–H groups in total. The lowest BCUT2D eigenvalue weighted by Gasteiger charge is -2.30. The van der Waals surface area contributed by atoms with Crippen molar-refractivity contribution in [1.29, 1.82) is 0 Å². The van der Waals surface area contributed by atoms with Crippen molar-refractivity contribution in [1.82, 2.24) is 9.55 Å². The number of fused-ring (bicyclic) bond motifs is 1. The van der Waals surface area contributed by atoms with E-state index in [1.54, 1.807) is 29.8 Å². The number of hydrogen-bond donors (Lipinski definition) is 1. The first-order valence-electron chi connectivity index (χ1n) is 6.38. The maximum Gasteiger partial charge on any atom is 0.283 e. The minimum Gasteiger partial charge on any atom is -0.398 e. The van der Waals surface area contributed by atoms with Crippen LogP contribution >= 0.6 is 0 Å². The first-order valence-corrected chi connectivity index (χ1v) is 7.82. The fraction of sp³-hybridized carbons (Fsp3) is 0.308. The zero-order valence-corrected chi connectivity index (χ0v) is 12.0. The number of nitrogens with zero attached hydrogens (tertiary/aromatic N) is 3. The summed E-state index contributed by atoms with van der Waals surface area (Å²) in [4.78, 5) is 3.96. The average molecular weight is 292 g/mol. The van der Waals surface area contributed by atoms with Crippen LogP contribution in [-0.2, 0) is 23.5 Å². The molecule has 20 heavy (non-hydrogen) atoms. The summed E-state index contributed by atoms with van der Waals surface area (Å²) in [6.07, 6.45) is 4.55. The first-order chi connectivity index (χ1) is 9.50. The molecule has 0 fully saturated rings. The number of aryl methyl sites for hydroxylation is 1. The molecule has 1 aliphatic heterocycles. The van der Waals surface area contributed by atoms with Gasteiger partial charge in [-0.1, -0.05) is 6.07 Å². The number of nitrogens with two attached hydrogens (primary N) is 1. The molecule has 0 saturated heterocycles. The van der Waals surface area contributed by atoms with Crippen molar-refractivity contribution >= 4 is 21.4 Å². The smallest absolute Gasteiger partial charge is 0.283 e. The van der Waals surface area contributed by atoms with E-state index in [0.29, 0.717) is 17.9 Å². The lowest BCUT2D eigenvalue weighted by molar-refractivity contribution is 0.583. The van der Waals surface area contributed by atoms with Crippen molar-refractivity contribution in [3.63, 3.8) is 0 Å². The molecule has 2 aromatic rings. The van der Waals surface area contributed by atoms with Gasteiger partial charge in [0.05, 0.1) is 12.0 Å². The number of nitrogen functional groups attached to an aromatic ring is 1. The van der Waals surface area contributed by atoms with Crippen molar-refractivity contribution in [3.05, 3.63) is 36.3 Å². The molecule has 2 heterocycles. The molecule has 1 aromatic carbocycles. The largest absolute Gasteiger partial charge is 0.398 e. The van der Waals surface area contributed by atoms with Gasteiger partial charge in [-0.3, -0.25) is 4.31 Å². The Hall–Kier alpha value is -2.02. The number of rotatable bonds is 2. The van der Waals surface area contributed by atoms with Gasteiger partial charge in [-0.15, -0.1) is 0 Å². The second kappa shape index (κ2) is 4.52. The van der Waals surface area contributed by atoms with Gasteiger partial charge in [-0.25, -0.2) is 4.98 Å². The fourth-order valence-corrected chi connectivity index (χ4v) is 4.01. The number of aromatic nitrogens is 2. The van der Waals surface area contributed by atoms with Crippen LogP contribution in [0, 0.1) is 0 Å². The molecule has 0 atom stereocenters. The van der Waals surface area contributed by atoms with Crippen LogP contribution in [0.3, 0.4) is 0 Å². The Morgan fingerprint density at radius 2 is 2.15 bits per heavy atom. The normalized spacial score (nSPS) is 15.2. The average Bonchev–Trinajstić information content (AvgIpc) is 2.86. The molecule has 0 spiro atoms. The van der Waals surface area contributed by atoms with E-state index in [1.807, 2.05) is 0 Å². The molecule has 6 nitrogen and oxygen atoms in total. The number of anilines is 2. The molecule has 0 amide bonds. The summed E-state index contributed by atoms with van der Waals surface area (Å²) in [5.41, 5.74) is 8.16. The Bertz CT molecular complexity index is 751. The van der Waals surface area contributed by atoms with Crippen molar-refractivity contribution in [2.75, 3.05) is 16.6 Å². The van der Waals surface area contributed by atoms with Gasteiger partial charge in [0.2, 0.25) is 0 Å². The van der Waals surface area contributed by atoms with Crippen LogP contribution in [0.5, 0.6) is 0 Å². The maximum atomic E-state index is 12.7. The van der Waals surface area contributed by atoms with Gasteiger partial charge in [0.25, 0.3) is 10.0 Å². The predicted octanol–water partition coefficient (Wildman–Crippen LogP) is 1.14. The Morgan fingerprint density at radius 3 is 2.85 bits per heavy atom. The molecule has 1 aliphatic rings. The van der Waals surface area contributed by atoms with Gasteiger partial charge in [0.15, 0.2) is 5.03 Å². The summed E-state index contributed by atoms with van der Waals surface area (Å²) in [6.45, 7) is 0.454. The lowest BCUT2D eigenvalue weighted by atomic mass is 10.0. The van der Waals surface area contributed by atoms with Gasteiger partial charge in [0, 0.05) is 25.5 Å². The van der Waals surface area contributed by atoms with Gasteiger partial charge < -0.3 is 10.3 Å². The monoisotopic (exact) mass is 292 g/mol. The zero-order chi connectivity index (χ0) is 14.3. The second-order valence-electron chi connectivity index (χ2n) is 4.90. The topological polar surface area (TPSA) is 81.2 Å². The third kappa shape index (κ3) is 1.94. The molecule has 0 unspecified atom stereocenters. The van der Waals surface area contributed by atoms with E-state index in [1.165, 1.54) is 16.8 Å². The maximum absolute atomic E-state index is 12.7. The van der Waals surface area contributed by atoms with Crippen LogP contribution < -0.4 is 10.0 Å². The minimum absolute atomic E-state index is 0.0651. The molecular formula is C13H16N4O2S. The third-order valence-electron chi connectivity index (χ3n) is 3.48. The number of hydrogen-bond acceptors (Lipinski definition) is 4. The third-order valence-corrected chi connectivity index (χ3v) is 5.18. The van der Waals surface area contributed by atoms with Gasteiger partial charge >= 0.3 is 0 Å². The Labute approximate surface area is 117 Å². The summed E-state index contributed by atoms with van der Waals surface area (Å²) >= 11 is 0. The summed E-state index contributed by atoms with van der Waals surface area (Å²) in [7, 11) is -1.88. The van der Waals surface area contributed by atoms with E-state index in [9.17, 15) is 8.42 Å². The molecule has 3 rings (SSSR count). The van der Waals surface area contributed by atoms with E-state index < -0.39 is 10.0 Å². The van der Waals surface area contributed by atoms with E-state index in [2.05, 4.69) is 4.98 Å². The summed E-state index contributed by atoms with van der Waals surface area (Å²) < 4.78 is 28.4. The van der Waals surface area contributed by atoms with E-state index in [-0.39, 0.29) is 5.03 Å². The summed E-state index contributed by atoms with van der Waals surface area (Å²) in [6, 6.07) is 5.38. The summed E-state index contributed by atoms with van der Waals surface area (Å²) in [5, 5.41) is 0.0651. The van der Waals surface area contributed by atoms with E-state index in [4.69, 9.17) is 5.73 Å². The van der Waals surface area contributed by atoms with Gasteiger partial charge in [-0.2, -0.15) is 8.42 Å². The molecule has 0 saturated carbocycles. The molecule has 0 aliphatic carbocycles.